The summed E-state index contributed by atoms with van der Waals surface area (Å²) in [6, 6.07) is 9.69. The van der Waals surface area contributed by atoms with Crippen molar-refractivity contribution >= 4 is 16.4 Å². The van der Waals surface area contributed by atoms with Gasteiger partial charge in [-0.1, -0.05) is 18.2 Å². The fourth-order valence-corrected chi connectivity index (χ4v) is 1.61. The van der Waals surface area contributed by atoms with E-state index in [0.29, 0.717) is 11.1 Å². The Kier molecular flexibility index (Phi) is 1.45. The molecule has 0 N–H and O–H groups in total. The SMILES string of the molecule is N#Cc1cnnn2nc3ccccc3c12. The van der Waals surface area contributed by atoms with Gasteiger partial charge in [-0.05, 0) is 11.3 Å². The van der Waals surface area contributed by atoms with Gasteiger partial charge in [0.15, 0.2) is 0 Å². The highest BCUT2D eigenvalue weighted by atomic mass is 15.5. The van der Waals surface area contributed by atoms with Gasteiger partial charge in [0.2, 0.25) is 0 Å². The van der Waals surface area contributed by atoms with Crippen LogP contribution >= 0.6 is 0 Å². The van der Waals surface area contributed by atoms with Crippen LogP contribution in [-0.4, -0.2) is 20.0 Å². The summed E-state index contributed by atoms with van der Waals surface area (Å²) in [5.41, 5.74) is 2.01. The van der Waals surface area contributed by atoms with Crippen LogP contribution in [0.25, 0.3) is 16.4 Å². The fraction of sp³-hybridized carbons (Fsp3) is 0. The van der Waals surface area contributed by atoms with E-state index in [1.165, 1.54) is 10.8 Å². The monoisotopic (exact) mass is 195 g/mol. The van der Waals surface area contributed by atoms with Gasteiger partial charge in [0.1, 0.15) is 17.1 Å². The van der Waals surface area contributed by atoms with E-state index in [4.69, 9.17) is 5.26 Å². The number of benzene rings is 1. The van der Waals surface area contributed by atoms with Crippen LogP contribution in [-0.2, 0) is 0 Å². The molecule has 0 atom stereocenters. The highest BCUT2D eigenvalue weighted by Crippen LogP contribution is 2.20. The van der Waals surface area contributed by atoms with E-state index in [-0.39, 0.29) is 0 Å². The van der Waals surface area contributed by atoms with E-state index < -0.39 is 0 Å². The maximum absolute atomic E-state index is 8.95. The van der Waals surface area contributed by atoms with E-state index in [9.17, 15) is 0 Å². The van der Waals surface area contributed by atoms with Crippen molar-refractivity contribution in [2.45, 2.75) is 0 Å². The molecule has 0 aliphatic heterocycles. The molecule has 5 nitrogen and oxygen atoms in total. The zero-order valence-corrected chi connectivity index (χ0v) is 7.62. The molecule has 0 bridgehead atoms. The summed E-state index contributed by atoms with van der Waals surface area (Å²) in [5, 5.41) is 21.6. The molecule has 0 spiro atoms. The molecule has 0 saturated heterocycles. The highest BCUT2D eigenvalue weighted by molar-refractivity contribution is 5.96. The van der Waals surface area contributed by atoms with Gasteiger partial charge in [-0.15, -0.1) is 14.8 Å². The molecule has 2 heterocycles. The Bertz CT molecular complexity index is 692. The quantitative estimate of drug-likeness (QED) is 0.539. The number of hydrogen-bond donors (Lipinski definition) is 0. The summed E-state index contributed by atoms with van der Waals surface area (Å²) in [5.74, 6) is 0. The second-order valence-corrected chi connectivity index (χ2v) is 3.11. The fourth-order valence-electron chi connectivity index (χ4n) is 1.61. The number of fused-ring (bicyclic) bond motifs is 3. The number of rotatable bonds is 0. The Hall–Kier alpha value is -2.48. The summed E-state index contributed by atoms with van der Waals surface area (Å²) < 4.78 is 1.39. The number of nitrogens with zero attached hydrogens (tertiary/aromatic N) is 5. The van der Waals surface area contributed by atoms with Gasteiger partial charge in [-0.3, -0.25) is 0 Å². The first-order valence-corrected chi connectivity index (χ1v) is 4.40. The van der Waals surface area contributed by atoms with E-state index in [1.807, 2.05) is 24.3 Å². The van der Waals surface area contributed by atoms with Crippen molar-refractivity contribution in [2.75, 3.05) is 0 Å². The number of nitriles is 1. The molecule has 15 heavy (non-hydrogen) atoms. The number of hydrogen-bond acceptors (Lipinski definition) is 4. The predicted octanol–water partition coefficient (Wildman–Crippen LogP) is 1.15. The second kappa shape index (κ2) is 2.75. The van der Waals surface area contributed by atoms with E-state index in [0.717, 1.165) is 10.9 Å². The Morgan fingerprint density at radius 3 is 3.00 bits per heavy atom. The van der Waals surface area contributed by atoms with Crippen LogP contribution in [0.1, 0.15) is 5.56 Å². The minimum absolute atomic E-state index is 0.485. The zero-order chi connectivity index (χ0) is 10.3. The average molecular weight is 195 g/mol. The third-order valence-corrected chi connectivity index (χ3v) is 2.26. The lowest BCUT2D eigenvalue weighted by Crippen LogP contribution is -1.97. The van der Waals surface area contributed by atoms with Crippen LogP contribution in [0, 0.1) is 11.3 Å². The summed E-state index contributed by atoms with van der Waals surface area (Å²) >= 11 is 0. The first-order valence-electron chi connectivity index (χ1n) is 4.40. The van der Waals surface area contributed by atoms with Crippen molar-refractivity contribution in [3.8, 4) is 6.07 Å². The normalized spacial score (nSPS) is 10.6. The van der Waals surface area contributed by atoms with Crippen molar-refractivity contribution in [1.29, 1.82) is 5.26 Å². The van der Waals surface area contributed by atoms with Gasteiger partial charge in [0.25, 0.3) is 0 Å². The Morgan fingerprint density at radius 2 is 2.13 bits per heavy atom. The van der Waals surface area contributed by atoms with Crippen LogP contribution in [0.4, 0.5) is 0 Å². The minimum atomic E-state index is 0.485. The Labute approximate surface area is 84.6 Å². The second-order valence-electron chi connectivity index (χ2n) is 3.11. The van der Waals surface area contributed by atoms with Crippen molar-refractivity contribution < 1.29 is 0 Å². The maximum Gasteiger partial charge on any atom is 0.116 e. The summed E-state index contributed by atoms with van der Waals surface area (Å²) in [6.07, 6.45) is 1.45. The molecule has 0 radical (unpaired) electrons. The molecule has 3 rings (SSSR count). The van der Waals surface area contributed by atoms with Crippen LogP contribution in [0.3, 0.4) is 0 Å². The molecule has 0 aliphatic rings. The summed E-state index contributed by atoms with van der Waals surface area (Å²) in [4.78, 5) is 0. The van der Waals surface area contributed by atoms with Crippen LogP contribution in [0.5, 0.6) is 0 Å². The molecule has 0 saturated carbocycles. The molecule has 1 aromatic carbocycles. The van der Waals surface area contributed by atoms with Gasteiger partial charge in [0, 0.05) is 5.39 Å². The maximum atomic E-state index is 8.95. The zero-order valence-electron chi connectivity index (χ0n) is 7.62. The third kappa shape index (κ3) is 0.987. The van der Waals surface area contributed by atoms with E-state index in [2.05, 4.69) is 21.5 Å². The summed E-state index contributed by atoms with van der Waals surface area (Å²) in [7, 11) is 0. The standard InChI is InChI=1S/C10H5N5/c11-5-7-6-12-14-15-10(7)8-3-1-2-4-9(8)13-15/h1-4,6H. The first kappa shape index (κ1) is 7.88. The molecule has 0 aliphatic carbocycles. The van der Waals surface area contributed by atoms with Gasteiger partial charge < -0.3 is 0 Å². The predicted molar refractivity (Wildman–Crippen MR) is 53.0 cm³/mol. The molecule has 3 aromatic rings. The first-order chi connectivity index (χ1) is 7.40. The molecule has 0 amide bonds. The molecule has 0 unspecified atom stereocenters. The smallest absolute Gasteiger partial charge is 0.116 e. The van der Waals surface area contributed by atoms with Gasteiger partial charge in [-0.2, -0.15) is 5.26 Å². The lowest BCUT2D eigenvalue weighted by molar-refractivity contribution is 0.724. The van der Waals surface area contributed by atoms with Crippen LogP contribution < -0.4 is 0 Å². The van der Waals surface area contributed by atoms with Gasteiger partial charge >= 0.3 is 0 Å². The largest absolute Gasteiger partial charge is 0.192 e. The minimum Gasteiger partial charge on any atom is -0.192 e. The summed E-state index contributed by atoms with van der Waals surface area (Å²) in [6.45, 7) is 0. The molecular formula is C10H5N5. The average Bonchev–Trinajstić information content (AvgIpc) is 2.67. The molecule has 2 aromatic heterocycles. The van der Waals surface area contributed by atoms with Crippen LogP contribution in [0.2, 0.25) is 0 Å². The molecule has 5 heteroatoms. The van der Waals surface area contributed by atoms with Crippen molar-refractivity contribution in [3.63, 3.8) is 0 Å². The van der Waals surface area contributed by atoms with E-state index >= 15 is 0 Å². The third-order valence-electron chi connectivity index (χ3n) is 2.26. The topological polar surface area (TPSA) is 66.9 Å². The van der Waals surface area contributed by atoms with Crippen molar-refractivity contribution in [3.05, 3.63) is 36.0 Å². The Balaban J connectivity index is 2.64. The lowest BCUT2D eigenvalue weighted by Gasteiger charge is -1.91. The molecule has 0 fully saturated rings. The Morgan fingerprint density at radius 1 is 1.27 bits per heavy atom. The van der Waals surface area contributed by atoms with Crippen molar-refractivity contribution in [2.24, 2.45) is 0 Å². The van der Waals surface area contributed by atoms with Gasteiger partial charge in [0.05, 0.1) is 11.7 Å². The lowest BCUT2D eigenvalue weighted by atomic mass is 10.2. The highest BCUT2D eigenvalue weighted by Gasteiger charge is 2.09. The molecular weight excluding hydrogens is 190 g/mol. The number of aromatic nitrogens is 4. The van der Waals surface area contributed by atoms with Crippen LogP contribution in [0.15, 0.2) is 30.5 Å². The van der Waals surface area contributed by atoms with Crippen molar-refractivity contribution in [1.82, 2.24) is 20.0 Å². The van der Waals surface area contributed by atoms with E-state index in [1.54, 1.807) is 0 Å². The van der Waals surface area contributed by atoms with Gasteiger partial charge in [-0.25, -0.2) is 0 Å². The molecule has 70 valence electrons.